The van der Waals surface area contributed by atoms with Gasteiger partial charge in [-0.15, -0.1) is 0 Å². The number of hydrogen-bond donors (Lipinski definition) is 1. The molecule has 1 aliphatic heterocycles. The van der Waals surface area contributed by atoms with E-state index in [1.807, 2.05) is 18.2 Å². The lowest BCUT2D eigenvalue weighted by atomic mass is 9.94. The second-order valence-corrected chi connectivity index (χ2v) is 3.32. The summed E-state index contributed by atoms with van der Waals surface area (Å²) in [6.45, 7) is 0.837. The molecule has 1 unspecified atom stereocenters. The SMILES string of the molecule is N#CC1=CCC(c2ccncc2)CN1. The molecule has 0 radical (unpaired) electrons. The van der Waals surface area contributed by atoms with Gasteiger partial charge in [0, 0.05) is 24.9 Å². The van der Waals surface area contributed by atoms with Crippen molar-refractivity contribution in [1.82, 2.24) is 10.3 Å². The first kappa shape index (κ1) is 8.76. The molecule has 3 nitrogen and oxygen atoms in total. The molecule has 0 bridgehead atoms. The number of allylic oxidation sites excluding steroid dienone is 2. The number of nitriles is 1. The molecule has 0 saturated heterocycles. The van der Waals surface area contributed by atoms with Gasteiger partial charge in [0.2, 0.25) is 0 Å². The van der Waals surface area contributed by atoms with Crippen LogP contribution in [0.4, 0.5) is 0 Å². The Hall–Kier alpha value is -1.82. The summed E-state index contributed by atoms with van der Waals surface area (Å²) in [6.07, 6.45) is 6.49. The Morgan fingerprint density at radius 2 is 2.21 bits per heavy atom. The fraction of sp³-hybridized carbons (Fsp3) is 0.273. The minimum absolute atomic E-state index is 0.468. The van der Waals surface area contributed by atoms with Gasteiger partial charge in [0.05, 0.1) is 0 Å². The summed E-state index contributed by atoms with van der Waals surface area (Å²) in [6, 6.07) is 6.16. The Kier molecular flexibility index (Phi) is 2.46. The highest BCUT2D eigenvalue weighted by atomic mass is 14.9. The predicted molar refractivity (Wildman–Crippen MR) is 53.3 cm³/mol. The molecule has 0 saturated carbocycles. The second kappa shape index (κ2) is 3.93. The van der Waals surface area contributed by atoms with Crippen LogP contribution in [-0.4, -0.2) is 11.5 Å². The second-order valence-electron chi connectivity index (χ2n) is 3.32. The van der Waals surface area contributed by atoms with Gasteiger partial charge in [0.25, 0.3) is 0 Å². The molecule has 0 aromatic carbocycles. The Balaban J connectivity index is 2.11. The molecule has 1 atom stereocenters. The lowest BCUT2D eigenvalue weighted by Gasteiger charge is -2.20. The van der Waals surface area contributed by atoms with Crippen LogP contribution < -0.4 is 5.32 Å². The van der Waals surface area contributed by atoms with Crippen LogP contribution in [0, 0.1) is 11.3 Å². The Bertz CT molecular complexity index is 375. The van der Waals surface area contributed by atoms with Crippen molar-refractivity contribution < 1.29 is 0 Å². The van der Waals surface area contributed by atoms with Gasteiger partial charge in [-0.1, -0.05) is 0 Å². The van der Waals surface area contributed by atoms with E-state index in [2.05, 4.69) is 16.4 Å². The van der Waals surface area contributed by atoms with Crippen LogP contribution >= 0.6 is 0 Å². The van der Waals surface area contributed by atoms with Gasteiger partial charge in [0.1, 0.15) is 11.8 Å². The molecule has 2 heterocycles. The summed E-state index contributed by atoms with van der Waals surface area (Å²) in [5.41, 5.74) is 1.97. The summed E-state index contributed by atoms with van der Waals surface area (Å²) in [4.78, 5) is 3.98. The third-order valence-electron chi connectivity index (χ3n) is 2.44. The van der Waals surface area contributed by atoms with E-state index >= 15 is 0 Å². The van der Waals surface area contributed by atoms with Gasteiger partial charge in [-0.05, 0) is 30.2 Å². The predicted octanol–water partition coefficient (Wildman–Crippen LogP) is 1.57. The van der Waals surface area contributed by atoms with Crippen molar-refractivity contribution >= 4 is 0 Å². The Labute approximate surface area is 83.1 Å². The minimum Gasteiger partial charge on any atom is -0.376 e. The lowest BCUT2D eigenvalue weighted by Crippen LogP contribution is -2.24. The molecular weight excluding hydrogens is 174 g/mol. The molecule has 1 N–H and O–H groups in total. The molecule has 1 aromatic heterocycles. The average Bonchev–Trinajstić information content (AvgIpc) is 2.30. The number of nitrogens with zero attached hydrogens (tertiary/aromatic N) is 2. The summed E-state index contributed by atoms with van der Waals surface area (Å²) in [7, 11) is 0. The third-order valence-corrected chi connectivity index (χ3v) is 2.44. The van der Waals surface area contributed by atoms with Crippen molar-refractivity contribution in [3.63, 3.8) is 0 Å². The zero-order valence-electron chi connectivity index (χ0n) is 7.77. The largest absolute Gasteiger partial charge is 0.376 e. The number of rotatable bonds is 1. The van der Waals surface area contributed by atoms with Crippen molar-refractivity contribution in [3.05, 3.63) is 41.9 Å². The van der Waals surface area contributed by atoms with Crippen molar-refractivity contribution in [2.45, 2.75) is 12.3 Å². The molecule has 0 aliphatic carbocycles. The molecule has 14 heavy (non-hydrogen) atoms. The van der Waals surface area contributed by atoms with Crippen LogP contribution in [0.25, 0.3) is 0 Å². The van der Waals surface area contributed by atoms with Gasteiger partial charge in [-0.25, -0.2) is 0 Å². The maximum absolute atomic E-state index is 8.66. The van der Waals surface area contributed by atoms with Crippen molar-refractivity contribution in [3.8, 4) is 6.07 Å². The molecule has 3 heteroatoms. The first-order valence-corrected chi connectivity index (χ1v) is 4.64. The highest BCUT2D eigenvalue weighted by molar-refractivity contribution is 5.26. The van der Waals surface area contributed by atoms with Gasteiger partial charge < -0.3 is 5.32 Å². The van der Waals surface area contributed by atoms with Crippen LogP contribution in [-0.2, 0) is 0 Å². The number of hydrogen-bond acceptors (Lipinski definition) is 3. The first-order valence-electron chi connectivity index (χ1n) is 4.64. The average molecular weight is 185 g/mol. The van der Waals surface area contributed by atoms with Gasteiger partial charge in [-0.3, -0.25) is 4.98 Å². The summed E-state index contributed by atoms with van der Waals surface area (Å²) in [5.74, 6) is 0.468. The molecule has 1 aliphatic rings. The van der Waals surface area contributed by atoms with E-state index in [0.717, 1.165) is 13.0 Å². The molecule has 0 fully saturated rings. The van der Waals surface area contributed by atoms with Gasteiger partial charge in [0.15, 0.2) is 0 Å². The Morgan fingerprint density at radius 3 is 2.79 bits per heavy atom. The highest BCUT2D eigenvalue weighted by Crippen LogP contribution is 2.22. The molecule has 0 spiro atoms. The van der Waals surface area contributed by atoms with E-state index in [9.17, 15) is 0 Å². The molecule has 2 rings (SSSR count). The van der Waals surface area contributed by atoms with E-state index in [-0.39, 0.29) is 0 Å². The maximum Gasteiger partial charge on any atom is 0.117 e. The van der Waals surface area contributed by atoms with E-state index in [1.165, 1.54) is 5.56 Å². The van der Waals surface area contributed by atoms with Crippen LogP contribution in [0.5, 0.6) is 0 Å². The number of pyridine rings is 1. The van der Waals surface area contributed by atoms with Gasteiger partial charge in [-0.2, -0.15) is 5.26 Å². The van der Waals surface area contributed by atoms with E-state index in [4.69, 9.17) is 5.26 Å². The lowest BCUT2D eigenvalue weighted by molar-refractivity contribution is 0.611. The number of aromatic nitrogens is 1. The van der Waals surface area contributed by atoms with E-state index < -0.39 is 0 Å². The zero-order chi connectivity index (χ0) is 9.80. The molecular formula is C11H11N3. The van der Waals surface area contributed by atoms with Crippen LogP contribution in [0.3, 0.4) is 0 Å². The van der Waals surface area contributed by atoms with Crippen LogP contribution in [0.1, 0.15) is 17.9 Å². The topological polar surface area (TPSA) is 48.7 Å². The standard InChI is InChI=1S/C11H11N3/c12-7-11-2-1-10(8-14-11)9-3-5-13-6-4-9/h2-6,10,14H,1,8H2. The van der Waals surface area contributed by atoms with E-state index in [0.29, 0.717) is 11.6 Å². The van der Waals surface area contributed by atoms with Crippen LogP contribution in [0.2, 0.25) is 0 Å². The summed E-state index contributed by atoms with van der Waals surface area (Å²) < 4.78 is 0. The normalized spacial score (nSPS) is 20.5. The quantitative estimate of drug-likeness (QED) is 0.722. The summed E-state index contributed by atoms with van der Waals surface area (Å²) >= 11 is 0. The first-order chi connectivity index (χ1) is 6.90. The smallest absolute Gasteiger partial charge is 0.117 e. The third kappa shape index (κ3) is 1.74. The fourth-order valence-corrected chi connectivity index (χ4v) is 1.62. The zero-order valence-corrected chi connectivity index (χ0v) is 7.77. The Morgan fingerprint density at radius 1 is 1.43 bits per heavy atom. The molecule has 0 amide bonds. The van der Waals surface area contributed by atoms with Crippen LogP contribution in [0.15, 0.2) is 36.3 Å². The maximum atomic E-state index is 8.66. The minimum atomic E-state index is 0.468. The van der Waals surface area contributed by atoms with E-state index in [1.54, 1.807) is 12.4 Å². The summed E-state index contributed by atoms with van der Waals surface area (Å²) in [5, 5.41) is 11.8. The van der Waals surface area contributed by atoms with Crippen molar-refractivity contribution in [2.24, 2.45) is 0 Å². The van der Waals surface area contributed by atoms with Crippen molar-refractivity contribution in [2.75, 3.05) is 6.54 Å². The van der Waals surface area contributed by atoms with Crippen molar-refractivity contribution in [1.29, 1.82) is 5.26 Å². The fourth-order valence-electron chi connectivity index (χ4n) is 1.62. The molecule has 70 valence electrons. The molecule has 1 aromatic rings. The number of nitrogens with one attached hydrogen (secondary N) is 1. The monoisotopic (exact) mass is 185 g/mol. The van der Waals surface area contributed by atoms with Gasteiger partial charge >= 0.3 is 0 Å². The highest BCUT2D eigenvalue weighted by Gasteiger charge is 2.14.